The molecule has 1 fully saturated rings. The summed E-state index contributed by atoms with van der Waals surface area (Å²) < 4.78 is 4.07. The van der Waals surface area contributed by atoms with E-state index in [1.165, 1.54) is 18.0 Å². The highest BCUT2D eigenvalue weighted by Crippen LogP contribution is 2.19. The second-order valence-corrected chi connectivity index (χ2v) is 4.04. The van der Waals surface area contributed by atoms with Gasteiger partial charge in [0, 0.05) is 11.4 Å². The molecule has 1 aromatic heterocycles. The van der Waals surface area contributed by atoms with Crippen LogP contribution in [0.1, 0.15) is 35.3 Å². The van der Waals surface area contributed by atoms with E-state index in [1.54, 1.807) is 0 Å². The molecule has 0 saturated heterocycles. The lowest BCUT2D eigenvalue weighted by Crippen LogP contribution is -2.39. The molecule has 13 heavy (non-hydrogen) atoms. The molecule has 1 heterocycles. The molecule has 0 spiro atoms. The number of hydrogen-bond donors (Lipinski definition) is 1. The van der Waals surface area contributed by atoms with Crippen LogP contribution in [0.3, 0.4) is 0 Å². The van der Waals surface area contributed by atoms with Crippen LogP contribution in [0, 0.1) is 6.92 Å². The van der Waals surface area contributed by atoms with Crippen molar-refractivity contribution >= 4 is 17.4 Å². The zero-order valence-electron chi connectivity index (χ0n) is 7.54. The highest BCUT2D eigenvalue weighted by Gasteiger charge is 2.21. The Morgan fingerprint density at radius 3 is 2.92 bits per heavy atom. The molecule has 0 radical (unpaired) electrons. The Morgan fingerprint density at radius 1 is 1.69 bits per heavy atom. The second kappa shape index (κ2) is 3.46. The Balaban J connectivity index is 2.00. The summed E-state index contributed by atoms with van der Waals surface area (Å²) >= 11 is 1.34. The van der Waals surface area contributed by atoms with Crippen molar-refractivity contribution in [2.45, 2.75) is 32.2 Å². The van der Waals surface area contributed by atoms with Gasteiger partial charge < -0.3 is 5.32 Å². The summed E-state index contributed by atoms with van der Waals surface area (Å²) in [7, 11) is 0. The lowest BCUT2D eigenvalue weighted by atomic mass is 9.93. The third-order valence-electron chi connectivity index (χ3n) is 2.43. The van der Waals surface area contributed by atoms with Gasteiger partial charge in [-0.05, 0) is 37.7 Å². The Kier molecular flexibility index (Phi) is 2.31. The molecule has 1 aromatic rings. The maximum absolute atomic E-state index is 11.6. The van der Waals surface area contributed by atoms with Crippen LogP contribution in [-0.4, -0.2) is 16.3 Å². The van der Waals surface area contributed by atoms with E-state index >= 15 is 0 Å². The van der Waals surface area contributed by atoms with E-state index in [0.29, 0.717) is 6.04 Å². The smallest absolute Gasteiger partial charge is 0.254 e. The molecule has 4 heteroatoms. The van der Waals surface area contributed by atoms with Gasteiger partial charge in [0.25, 0.3) is 5.91 Å². The van der Waals surface area contributed by atoms with Crippen molar-refractivity contribution in [3.63, 3.8) is 0 Å². The first-order chi connectivity index (χ1) is 6.27. The van der Waals surface area contributed by atoms with Gasteiger partial charge in [0.05, 0.1) is 11.3 Å². The lowest BCUT2D eigenvalue weighted by molar-refractivity contribution is 0.0916. The molecule has 0 atom stereocenters. The summed E-state index contributed by atoms with van der Waals surface area (Å²) in [6.07, 6.45) is 3.50. The Labute approximate surface area is 81.3 Å². The largest absolute Gasteiger partial charge is 0.349 e. The summed E-state index contributed by atoms with van der Waals surface area (Å²) in [5.74, 6) is 0.0379. The summed E-state index contributed by atoms with van der Waals surface area (Å²) in [6.45, 7) is 1.87. The van der Waals surface area contributed by atoms with Crippen LogP contribution >= 0.6 is 11.5 Å². The molecule has 0 aliphatic heterocycles. The topological polar surface area (TPSA) is 42.0 Å². The molecule has 1 saturated carbocycles. The number of amides is 1. The molecule has 1 amide bonds. The number of nitrogens with one attached hydrogen (secondary N) is 1. The monoisotopic (exact) mass is 196 g/mol. The SMILES string of the molecule is Cc1nscc1C(=O)NC1CCC1. The van der Waals surface area contributed by atoms with Gasteiger partial charge in [-0.25, -0.2) is 0 Å². The van der Waals surface area contributed by atoms with Crippen LogP contribution in [0.25, 0.3) is 0 Å². The number of aryl methyl sites for hydroxylation is 1. The molecule has 0 aromatic carbocycles. The maximum Gasteiger partial charge on any atom is 0.254 e. The fourth-order valence-corrected chi connectivity index (χ4v) is 2.02. The molecule has 1 aliphatic rings. The number of aromatic nitrogens is 1. The van der Waals surface area contributed by atoms with E-state index in [4.69, 9.17) is 0 Å². The molecular formula is C9H12N2OS. The van der Waals surface area contributed by atoms with E-state index in [0.717, 1.165) is 24.1 Å². The number of carbonyl (C=O) groups is 1. The van der Waals surface area contributed by atoms with Crippen molar-refractivity contribution < 1.29 is 4.79 Å². The summed E-state index contributed by atoms with van der Waals surface area (Å²) in [6, 6.07) is 0.409. The van der Waals surface area contributed by atoms with Crippen molar-refractivity contribution in [1.82, 2.24) is 9.69 Å². The average Bonchev–Trinajstić information content (AvgIpc) is 2.43. The number of carbonyl (C=O) groups excluding carboxylic acids is 1. The third-order valence-corrected chi connectivity index (χ3v) is 3.16. The molecule has 1 aliphatic carbocycles. The van der Waals surface area contributed by atoms with Crippen LogP contribution in [0.4, 0.5) is 0 Å². The number of nitrogens with zero attached hydrogens (tertiary/aromatic N) is 1. The van der Waals surface area contributed by atoms with E-state index in [2.05, 4.69) is 9.69 Å². The standard InChI is InChI=1S/C9H12N2OS/c1-6-8(5-13-11-6)9(12)10-7-3-2-4-7/h5,7H,2-4H2,1H3,(H,10,12). The fraction of sp³-hybridized carbons (Fsp3) is 0.556. The Morgan fingerprint density at radius 2 is 2.46 bits per heavy atom. The summed E-state index contributed by atoms with van der Waals surface area (Å²) in [4.78, 5) is 11.6. The first-order valence-corrected chi connectivity index (χ1v) is 5.33. The van der Waals surface area contributed by atoms with Crippen molar-refractivity contribution in [3.8, 4) is 0 Å². The predicted octanol–water partition coefficient (Wildman–Crippen LogP) is 1.73. The minimum Gasteiger partial charge on any atom is -0.349 e. The average molecular weight is 196 g/mol. The zero-order chi connectivity index (χ0) is 9.26. The maximum atomic E-state index is 11.6. The van der Waals surface area contributed by atoms with Crippen molar-refractivity contribution in [1.29, 1.82) is 0 Å². The summed E-state index contributed by atoms with van der Waals surface area (Å²) in [5, 5.41) is 4.80. The molecule has 0 unspecified atom stereocenters. The summed E-state index contributed by atoms with van der Waals surface area (Å²) in [5.41, 5.74) is 1.57. The van der Waals surface area contributed by atoms with E-state index in [1.807, 2.05) is 12.3 Å². The Hall–Kier alpha value is -0.900. The second-order valence-electron chi connectivity index (χ2n) is 3.41. The van der Waals surface area contributed by atoms with Crippen LogP contribution in [-0.2, 0) is 0 Å². The van der Waals surface area contributed by atoms with Crippen molar-refractivity contribution in [2.24, 2.45) is 0 Å². The zero-order valence-corrected chi connectivity index (χ0v) is 8.36. The lowest BCUT2D eigenvalue weighted by Gasteiger charge is -2.26. The first kappa shape index (κ1) is 8.69. The van der Waals surface area contributed by atoms with Gasteiger partial charge >= 0.3 is 0 Å². The first-order valence-electron chi connectivity index (χ1n) is 4.49. The van der Waals surface area contributed by atoms with Gasteiger partial charge in [0.2, 0.25) is 0 Å². The van der Waals surface area contributed by atoms with Gasteiger partial charge in [-0.1, -0.05) is 0 Å². The van der Waals surface area contributed by atoms with Gasteiger partial charge in [-0.3, -0.25) is 4.79 Å². The molecular weight excluding hydrogens is 184 g/mol. The highest BCUT2D eigenvalue weighted by molar-refractivity contribution is 7.03. The van der Waals surface area contributed by atoms with Crippen LogP contribution in [0.5, 0.6) is 0 Å². The van der Waals surface area contributed by atoms with Crippen molar-refractivity contribution in [2.75, 3.05) is 0 Å². The molecule has 1 N–H and O–H groups in total. The van der Waals surface area contributed by atoms with E-state index in [9.17, 15) is 4.79 Å². The van der Waals surface area contributed by atoms with Crippen LogP contribution in [0.2, 0.25) is 0 Å². The highest BCUT2D eigenvalue weighted by atomic mass is 32.1. The number of hydrogen-bond acceptors (Lipinski definition) is 3. The van der Waals surface area contributed by atoms with Crippen LogP contribution < -0.4 is 5.32 Å². The van der Waals surface area contributed by atoms with Gasteiger partial charge in [-0.15, -0.1) is 0 Å². The Bertz CT molecular complexity index is 317. The molecule has 2 rings (SSSR count). The minimum absolute atomic E-state index is 0.0379. The van der Waals surface area contributed by atoms with Crippen molar-refractivity contribution in [3.05, 3.63) is 16.6 Å². The van der Waals surface area contributed by atoms with Gasteiger partial charge in [0.15, 0.2) is 0 Å². The van der Waals surface area contributed by atoms with Gasteiger partial charge in [0.1, 0.15) is 0 Å². The number of rotatable bonds is 2. The molecule has 0 bridgehead atoms. The van der Waals surface area contributed by atoms with E-state index < -0.39 is 0 Å². The molecule has 3 nitrogen and oxygen atoms in total. The third kappa shape index (κ3) is 1.72. The van der Waals surface area contributed by atoms with Gasteiger partial charge in [-0.2, -0.15) is 4.37 Å². The van der Waals surface area contributed by atoms with Crippen LogP contribution in [0.15, 0.2) is 5.38 Å². The fourth-order valence-electron chi connectivity index (χ4n) is 1.33. The minimum atomic E-state index is 0.0379. The van der Waals surface area contributed by atoms with E-state index in [-0.39, 0.29) is 5.91 Å². The molecule has 70 valence electrons. The quantitative estimate of drug-likeness (QED) is 0.782. The normalized spacial score (nSPS) is 16.7. The predicted molar refractivity (Wildman–Crippen MR) is 52.0 cm³/mol.